The van der Waals surface area contributed by atoms with Gasteiger partial charge in [0.1, 0.15) is 0 Å². The van der Waals surface area contributed by atoms with Gasteiger partial charge in [0, 0.05) is 25.8 Å². The number of nitrogens with zero attached hydrogens (tertiary/aromatic N) is 1. The molecule has 2 nitrogen and oxygen atoms in total. The predicted molar refractivity (Wildman–Crippen MR) is 74.6 cm³/mol. The van der Waals surface area contributed by atoms with Gasteiger partial charge in [-0.2, -0.15) is 0 Å². The number of nitrogens with one attached hydrogen (secondary N) is 1. The Hall–Kier alpha value is -1.02. The third-order valence-electron chi connectivity index (χ3n) is 3.81. The summed E-state index contributed by atoms with van der Waals surface area (Å²) in [6.45, 7) is 7.89. The smallest absolute Gasteiger partial charge is 0.0400 e. The highest BCUT2D eigenvalue weighted by Crippen LogP contribution is 2.26. The van der Waals surface area contributed by atoms with Crippen LogP contribution in [-0.2, 0) is 13.0 Å². The number of rotatable bonds is 4. The Kier molecular flexibility index (Phi) is 4.06. The van der Waals surface area contributed by atoms with Crippen molar-refractivity contribution in [2.75, 3.05) is 25.0 Å². The second-order valence-corrected chi connectivity index (χ2v) is 5.24. The molecule has 2 rings (SSSR count). The van der Waals surface area contributed by atoms with Gasteiger partial charge in [-0.3, -0.25) is 0 Å². The molecule has 1 aromatic rings. The van der Waals surface area contributed by atoms with E-state index in [9.17, 15) is 0 Å². The van der Waals surface area contributed by atoms with Crippen LogP contribution in [0.15, 0.2) is 18.2 Å². The van der Waals surface area contributed by atoms with E-state index in [2.05, 4.69) is 49.3 Å². The topological polar surface area (TPSA) is 15.3 Å². The van der Waals surface area contributed by atoms with Crippen molar-refractivity contribution in [1.29, 1.82) is 0 Å². The van der Waals surface area contributed by atoms with Crippen LogP contribution in [0.5, 0.6) is 0 Å². The molecule has 0 aliphatic carbocycles. The summed E-state index contributed by atoms with van der Waals surface area (Å²) < 4.78 is 0. The molecule has 0 aromatic heterocycles. The van der Waals surface area contributed by atoms with E-state index in [0.29, 0.717) is 0 Å². The van der Waals surface area contributed by atoms with Crippen molar-refractivity contribution in [2.45, 2.75) is 33.2 Å². The summed E-state index contributed by atoms with van der Waals surface area (Å²) in [7, 11) is 2.23. The fraction of sp³-hybridized carbons (Fsp3) is 0.600. The highest BCUT2D eigenvalue weighted by molar-refractivity contribution is 5.57. The Balaban J connectivity index is 2.20. The van der Waals surface area contributed by atoms with Crippen molar-refractivity contribution in [3.05, 3.63) is 29.3 Å². The van der Waals surface area contributed by atoms with Gasteiger partial charge in [-0.05, 0) is 36.1 Å². The first kappa shape index (κ1) is 12.4. The van der Waals surface area contributed by atoms with E-state index < -0.39 is 0 Å². The van der Waals surface area contributed by atoms with Crippen LogP contribution in [0.1, 0.15) is 31.4 Å². The van der Waals surface area contributed by atoms with Gasteiger partial charge in [0.25, 0.3) is 0 Å². The standard InChI is InChI=1S/C15H24N2/c1-4-12(2)11-17(3)15-7-5-6-13-10-16-9-8-14(13)15/h5-7,12,16H,4,8-11H2,1-3H3. The maximum absolute atomic E-state index is 3.44. The summed E-state index contributed by atoms with van der Waals surface area (Å²) in [6.07, 6.45) is 2.41. The van der Waals surface area contributed by atoms with Crippen LogP contribution in [0.25, 0.3) is 0 Å². The molecule has 1 heterocycles. The second kappa shape index (κ2) is 5.54. The molecular formula is C15H24N2. The molecule has 1 aliphatic heterocycles. The molecule has 1 unspecified atom stereocenters. The van der Waals surface area contributed by atoms with E-state index >= 15 is 0 Å². The molecule has 0 saturated heterocycles. The number of hydrogen-bond acceptors (Lipinski definition) is 2. The zero-order valence-electron chi connectivity index (χ0n) is 11.3. The van der Waals surface area contributed by atoms with Crippen molar-refractivity contribution in [3.8, 4) is 0 Å². The van der Waals surface area contributed by atoms with Gasteiger partial charge >= 0.3 is 0 Å². The molecule has 0 radical (unpaired) electrons. The molecule has 0 spiro atoms. The van der Waals surface area contributed by atoms with E-state index in [1.807, 2.05) is 0 Å². The van der Waals surface area contributed by atoms with Crippen molar-refractivity contribution in [1.82, 2.24) is 5.32 Å². The van der Waals surface area contributed by atoms with Crippen LogP contribution in [0.3, 0.4) is 0 Å². The summed E-state index contributed by atoms with van der Waals surface area (Å²) in [5.74, 6) is 0.762. The van der Waals surface area contributed by atoms with Crippen molar-refractivity contribution >= 4 is 5.69 Å². The maximum atomic E-state index is 3.44. The summed E-state index contributed by atoms with van der Waals surface area (Å²) in [4.78, 5) is 2.43. The molecule has 2 heteroatoms. The maximum Gasteiger partial charge on any atom is 0.0400 e. The molecule has 1 aromatic carbocycles. The summed E-state index contributed by atoms with van der Waals surface area (Å²) in [6, 6.07) is 6.71. The molecule has 0 bridgehead atoms. The quantitative estimate of drug-likeness (QED) is 0.858. The van der Waals surface area contributed by atoms with Gasteiger partial charge in [0.15, 0.2) is 0 Å². The first-order valence-corrected chi connectivity index (χ1v) is 6.75. The predicted octanol–water partition coefficient (Wildman–Crippen LogP) is 2.81. The highest BCUT2D eigenvalue weighted by Gasteiger charge is 2.15. The zero-order valence-corrected chi connectivity index (χ0v) is 11.3. The van der Waals surface area contributed by atoms with E-state index in [-0.39, 0.29) is 0 Å². The molecular weight excluding hydrogens is 208 g/mol. The van der Waals surface area contributed by atoms with E-state index in [4.69, 9.17) is 0 Å². The lowest BCUT2D eigenvalue weighted by Gasteiger charge is -2.28. The van der Waals surface area contributed by atoms with Crippen LogP contribution < -0.4 is 10.2 Å². The Morgan fingerprint density at radius 2 is 2.24 bits per heavy atom. The molecule has 0 fully saturated rings. The van der Waals surface area contributed by atoms with Gasteiger partial charge in [-0.15, -0.1) is 0 Å². The van der Waals surface area contributed by atoms with Crippen molar-refractivity contribution in [2.24, 2.45) is 5.92 Å². The average molecular weight is 232 g/mol. The fourth-order valence-electron chi connectivity index (χ4n) is 2.56. The van der Waals surface area contributed by atoms with Crippen molar-refractivity contribution in [3.63, 3.8) is 0 Å². The SMILES string of the molecule is CCC(C)CN(C)c1cccc2c1CCNC2. The number of benzene rings is 1. The Morgan fingerprint density at radius 1 is 1.41 bits per heavy atom. The summed E-state index contributed by atoms with van der Waals surface area (Å²) in [5.41, 5.74) is 4.46. The van der Waals surface area contributed by atoms with Gasteiger partial charge < -0.3 is 10.2 Å². The largest absolute Gasteiger partial charge is 0.374 e. The number of fused-ring (bicyclic) bond motifs is 1. The molecule has 17 heavy (non-hydrogen) atoms. The molecule has 94 valence electrons. The third kappa shape index (κ3) is 2.81. The Bertz CT molecular complexity index is 373. The molecule has 1 aliphatic rings. The van der Waals surface area contributed by atoms with Crippen LogP contribution in [-0.4, -0.2) is 20.1 Å². The van der Waals surface area contributed by atoms with Crippen LogP contribution in [0.2, 0.25) is 0 Å². The van der Waals surface area contributed by atoms with Gasteiger partial charge in [0.2, 0.25) is 0 Å². The zero-order chi connectivity index (χ0) is 12.3. The minimum absolute atomic E-state index is 0.762. The monoisotopic (exact) mass is 232 g/mol. The van der Waals surface area contributed by atoms with E-state index in [1.165, 1.54) is 17.7 Å². The minimum Gasteiger partial charge on any atom is -0.374 e. The molecule has 0 saturated carbocycles. The van der Waals surface area contributed by atoms with Crippen LogP contribution >= 0.6 is 0 Å². The number of hydrogen-bond donors (Lipinski definition) is 1. The van der Waals surface area contributed by atoms with Gasteiger partial charge in [-0.25, -0.2) is 0 Å². The summed E-state index contributed by atoms with van der Waals surface area (Å²) in [5, 5.41) is 3.44. The Labute approximate surface area is 105 Å². The third-order valence-corrected chi connectivity index (χ3v) is 3.81. The lowest BCUT2D eigenvalue weighted by Crippen LogP contribution is -2.29. The lowest BCUT2D eigenvalue weighted by molar-refractivity contribution is 0.557. The minimum atomic E-state index is 0.762. The van der Waals surface area contributed by atoms with Crippen LogP contribution in [0, 0.1) is 5.92 Å². The summed E-state index contributed by atoms with van der Waals surface area (Å²) >= 11 is 0. The van der Waals surface area contributed by atoms with E-state index in [1.54, 1.807) is 5.56 Å². The average Bonchev–Trinajstić information content (AvgIpc) is 2.37. The van der Waals surface area contributed by atoms with Gasteiger partial charge in [0.05, 0.1) is 0 Å². The molecule has 0 amide bonds. The molecule has 1 atom stereocenters. The number of anilines is 1. The Morgan fingerprint density at radius 3 is 3.00 bits per heavy atom. The van der Waals surface area contributed by atoms with Crippen molar-refractivity contribution < 1.29 is 0 Å². The lowest BCUT2D eigenvalue weighted by atomic mass is 9.98. The normalized spacial score (nSPS) is 16.4. The highest BCUT2D eigenvalue weighted by atomic mass is 15.1. The van der Waals surface area contributed by atoms with Gasteiger partial charge in [-0.1, -0.05) is 32.4 Å². The van der Waals surface area contributed by atoms with E-state index in [0.717, 1.165) is 32.0 Å². The second-order valence-electron chi connectivity index (χ2n) is 5.24. The fourth-order valence-corrected chi connectivity index (χ4v) is 2.56. The first-order valence-electron chi connectivity index (χ1n) is 6.75. The van der Waals surface area contributed by atoms with Crippen LogP contribution in [0.4, 0.5) is 5.69 Å². The molecule has 1 N–H and O–H groups in total. The first-order chi connectivity index (χ1) is 8.22.